The Morgan fingerprint density at radius 1 is 1.39 bits per heavy atom. The Balaban J connectivity index is 1.72. The van der Waals surface area contributed by atoms with E-state index in [-0.39, 0.29) is 30.1 Å². The molecule has 0 aliphatic carbocycles. The second kappa shape index (κ2) is 8.71. The number of carbonyl (C=O) groups is 2. The number of nitriles is 1. The molecule has 2 aromatic heterocycles. The van der Waals surface area contributed by atoms with Crippen molar-refractivity contribution in [3.05, 3.63) is 35.9 Å². The molecule has 3 amide bonds. The SMILES string of the molecule is CCN(C(=O)CN1CCN(CCC#N)C1=O)c1cn(-c2cccnc2)nc1Cl. The first kappa shape index (κ1) is 19.6. The molecular formula is C18H20ClN7O2. The number of anilines is 1. The first-order valence-electron chi connectivity index (χ1n) is 8.92. The van der Waals surface area contributed by atoms with Gasteiger partial charge in [0.15, 0.2) is 5.15 Å². The molecule has 0 unspecified atom stereocenters. The number of amides is 3. The number of nitrogens with zero attached hydrogens (tertiary/aromatic N) is 7. The van der Waals surface area contributed by atoms with Gasteiger partial charge in [-0.25, -0.2) is 9.48 Å². The molecule has 0 aromatic carbocycles. The molecule has 3 rings (SSSR count). The summed E-state index contributed by atoms with van der Waals surface area (Å²) in [6.45, 7) is 3.51. The van der Waals surface area contributed by atoms with E-state index in [2.05, 4.69) is 10.1 Å². The zero-order valence-corrected chi connectivity index (χ0v) is 16.2. The minimum atomic E-state index is -0.245. The monoisotopic (exact) mass is 401 g/mol. The van der Waals surface area contributed by atoms with Crippen LogP contribution < -0.4 is 4.90 Å². The van der Waals surface area contributed by atoms with Crippen LogP contribution in [0.25, 0.3) is 5.69 Å². The van der Waals surface area contributed by atoms with Gasteiger partial charge in [0.1, 0.15) is 12.2 Å². The summed E-state index contributed by atoms with van der Waals surface area (Å²) in [5.41, 5.74) is 1.20. The normalized spacial score (nSPS) is 13.7. The van der Waals surface area contributed by atoms with Gasteiger partial charge in [0, 0.05) is 32.4 Å². The van der Waals surface area contributed by atoms with E-state index in [1.54, 1.807) is 34.2 Å². The van der Waals surface area contributed by atoms with Crippen LogP contribution in [0.4, 0.5) is 10.5 Å². The number of urea groups is 1. The highest BCUT2D eigenvalue weighted by molar-refractivity contribution is 6.32. The van der Waals surface area contributed by atoms with E-state index in [4.69, 9.17) is 16.9 Å². The number of carbonyl (C=O) groups excluding carboxylic acids is 2. The molecule has 1 aliphatic heterocycles. The molecule has 1 fully saturated rings. The highest BCUT2D eigenvalue weighted by Crippen LogP contribution is 2.26. The zero-order chi connectivity index (χ0) is 20.1. The van der Waals surface area contributed by atoms with Gasteiger partial charge in [0.2, 0.25) is 5.91 Å². The third-order valence-electron chi connectivity index (χ3n) is 4.47. The van der Waals surface area contributed by atoms with Crippen LogP contribution in [0.1, 0.15) is 13.3 Å². The fourth-order valence-electron chi connectivity index (χ4n) is 3.05. The zero-order valence-electron chi connectivity index (χ0n) is 15.5. The lowest BCUT2D eigenvalue weighted by Gasteiger charge is -2.23. The second-order valence-corrected chi connectivity index (χ2v) is 6.56. The molecule has 28 heavy (non-hydrogen) atoms. The molecule has 146 valence electrons. The quantitative estimate of drug-likeness (QED) is 0.705. The summed E-state index contributed by atoms with van der Waals surface area (Å²) < 4.78 is 1.56. The van der Waals surface area contributed by atoms with Gasteiger partial charge >= 0.3 is 6.03 Å². The van der Waals surface area contributed by atoms with E-state index in [0.29, 0.717) is 31.9 Å². The van der Waals surface area contributed by atoms with Crippen LogP contribution in [-0.2, 0) is 4.79 Å². The summed E-state index contributed by atoms with van der Waals surface area (Å²) >= 11 is 6.27. The highest BCUT2D eigenvalue weighted by atomic mass is 35.5. The number of hydrogen-bond donors (Lipinski definition) is 0. The van der Waals surface area contributed by atoms with Crippen LogP contribution in [-0.4, -0.2) is 69.2 Å². The predicted octanol–water partition coefficient (Wildman–Crippen LogP) is 1.92. The van der Waals surface area contributed by atoms with Crippen molar-refractivity contribution in [3.8, 4) is 11.8 Å². The molecule has 0 atom stereocenters. The average Bonchev–Trinajstić information content (AvgIpc) is 3.25. The maximum atomic E-state index is 12.8. The van der Waals surface area contributed by atoms with Gasteiger partial charge in [-0.1, -0.05) is 11.6 Å². The second-order valence-electron chi connectivity index (χ2n) is 6.20. The van der Waals surface area contributed by atoms with Crippen LogP contribution >= 0.6 is 11.6 Å². The van der Waals surface area contributed by atoms with Crippen molar-refractivity contribution in [3.63, 3.8) is 0 Å². The molecular weight excluding hydrogens is 382 g/mol. The van der Waals surface area contributed by atoms with E-state index >= 15 is 0 Å². The van der Waals surface area contributed by atoms with Gasteiger partial charge in [-0.3, -0.25) is 9.78 Å². The van der Waals surface area contributed by atoms with E-state index < -0.39 is 0 Å². The maximum absolute atomic E-state index is 12.8. The molecule has 0 saturated carbocycles. The number of likely N-dealkylation sites (N-methyl/N-ethyl adjacent to an activating group) is 1. The Labute approximate surface area is 167 Å². The van der Waals surface area contributed by atoms with E-state index in [0.717, 1.165) is 5.69 Å². The smallest absolute Gasteiger partial charge is 0.320 e. The van der Waals surface area contributed by atoms with Gasteiger partial charge in [-0.05, 0) is 19.1 Å². The third-order valence-corrected chi connectivity index (χ3v) is 4.74. The summed E-state index contributed by atoms with van der Waals surface area (Å²) in [6, 6.07) is 5.41. The fraction of sp³-hybridized carbons (Fsp3) is 0.389. The van der Waals surface area contributed by atoms with Crippen LogP contribution in [0, 0.1) is 11.3 Å². The Morgan fingerprint density at radius 3 is 2.86 bits per heavy atom. The Bertz CT molecular complexity index is 893. The molecule has 1 aliphatic rings. The Morgan fingerprint density at radius 2 is 2.18 bits per heavy atom. The van der Waals surface area contributed by atoms with E-state index in [9.17, 15) is 9.59 Å². The van der Waals surface area contributed by atoms with Crippen LogP contribution in [0.15, 0.2) is 30.7 Å². The highest BCUT2D eigenvalue weighted by Gasteiger charge is 2.31. The molecule has 10 heteroatoms. The van der Waals surface area contributed by atoms with Crippen molar-refractivity contribution in [1.29, 1.82) is 5.26 Å². The summed E-state index contributed by atoms with van der Waals surface area (Å²) in [7, 11) is 0. The first-order chi connectivity index (χ1) is 13.5. The van der Waals surface area contributed by atoms with Crippen molar-refractivity contribution in [1.82, 2.24) is 24.6 Å². The van der Waals surface area contributed by atoms with Crippen LogP contribution in [0.2, 0.25) is 5.15 Å². The van der Waals surface area contributed by atoms with Gasteiger partial charge in [0.05, 0.1) is 30.6 Å². The molecule has 2 aromatic rings. The minimum absolute atomic E-state index is 0.0515. The summed E-state index contributed by atoms with van der Waals surface area (Å²) in [4.78, 5) is 33.9. The fourth-order valence-corrected chi connectivity index (χ4v) is 3.28. The maximum Gasteiger partial charge on any atom is 0.320 e. The van der Waals surface area contributed by atoms with Gasteiger partial charge in [-0.2, -0.15) is 10.4 Å². The van der Waals surface area contributed by atoms with Crippen molar-refractivity contribution >= 4 is 29.2 Å². The van der Waals surface area contributed by atoms with Gasteiger partial charge in [0.25, 0.3) is 0 Å². The van der Waals surface area contributed by atoms with Gasteiger partial charge < -0.3 is 14.7 Å². The number of rotatable bonds is 7. The summed E-state index contributed by atoms with van der Waals surface area (Å²) in [5.74, 6) is -0.245. The predicted molar refractivity (Wildman–Crippen MR) is 103 cm³/mol. The van der Waals surface area contributed by atoms with E-state index in [1.807, 2.05) is 19.1 Å². The lowest BCUT2D eigenvalue weighted by molar-refractivity contribution is -0.119. The molecule has 0 radical (unpaired) electrons. The molecule has 0 N–H and O–H groups in total. The van der Waals surface area contributed by atoms with Crippen molar-refractivity contribution in [2.75, 3.05) is 37.6 Å². The van der Waals surface area contributed by atoms with Crippen molar-refractivity contribution < 1.29 is 9.59 Å². The van der Waals surface area contributed by atoms with Crippen molar-refractivity contribution in [2.24, 2.45) is 0 Å². The Hall–Kier alpha value is -3.12. The van der Waals surface area contributed by atoms with Crippen molar-refractivity contribution in [2.45, 2.75) is 13.3 Å². The van der Waals surface area contributed by atoms with Crippen LogP contribution in [0.5, 0.6) is 0 Å². The number of hydrogen-bond acceptors (Lipinski definition) is 5. The lowest BCUT2D eigenvalue weighted by Crippen LogP contribution is -2.42. The standard InChI is InChI=1S/C18H20ClN7O2/c1-2-25(15-12-26(22-17(15)19)14-5-3-7-21-11-14)16(27)13-24-10-9-23(18(24)28)8-4-6-20/h3,5,7,11-12H,2,4,8-10,13H2,1H3. The minimum Gasteiger partial charge on any atom is -0.322 e. The van der Waals surface area contributed by atoms with E-state index in [1.165, 1.54) is 9.80 Å². The number of pyridine rings is 1. The molecule has 1 saturated heterocycles. The molecule has 0 spiro atoms. The lowest BCUT2D eigenvalue weighted by atomic mass is 10.3. The summed E-state index contributed by atoms with van der Waals surface area (Å²) in [5, 5.41) is 13.1. The first-order valence-corrected chi connectivity index (χ1v) is 9.29. The molecule has 3 heterocycles. The van der Waals surface area contributed by atoms with Gasteiger partial charge in [-0.15, -0.1) is 0 Å². The largest absolute Gasteiger partial charge is 0.322 e. The number of halogens is 1. The number of aromatic nitrogens is 3. The third kappa shape index (κ3) is 4.07. The van der Waals surface area contributed by atoms with Crippen LogP contribution in [0.3, 0.4) is 0 Å². The summed E-state index contributed by atoms with van der Waals surface area (Å²) in [6.07, 6.45) is 5.25. The molecule has 0 bridgehead atoms. The molecule has 9 nitrogen and oxygen atoms in total. The average molecular weight is 402 g/mol. The Kier molecular flexibility index (Phi) is 6.11. The topological polar surface area (TPSA) is 98.4 Å².